The molecule has 3 aromatic carbocycles. The maximum Gasteiger partial charge on any atom is 0.244 e. The van der Waals surface area contributed by atoms with E-state index in [1.165, 1.54) is 0 Å². The number of phenolic OH excluding ortho intramolecular Hbond substituents is 1. The summed E-state index contributed by atoms with van der Waals surface area (Å²) in [5.41, 5.74) is 4.32. The lowest BCUT2D eigenvalue weighted by atomic mass is 9.70. The Morgan fingerprint density at radius 1 is 0.885 bits per heavy atom. The second-order valence-corrected chi connectivity index (χ2v) is 7.12. The van der Waals surface area contributed by atoms with E-state index in [4.69, 9.17) is 11.6 Å². The summed E-state index contributed by atoms with van der Waals surface area (Å²) in [5.74, 6) is 0.0473. The summed E-state index contributed by atoms with van der Waals surface area (Å²) in [7, 11) is 0. The average molecular weight is 364 g/mol. The molecule has 0 aliphatic carbocycles. The monoisotopic (exact) mass is 363 g/mol. The molecule has 0 saturated carbocycles. The molecule has 2 N–H and O–H groups in total. The lowest BCUT2D eigenvalue weighted by Crippen LogP contribution is -2.37. The van der Waals surface area contributed by atoms with Crippen LogP contribution >= 0.6 is 11.6 Å². The molecular formula is C22H18ClNO2. The molecule has 1 aliphatic heterocycles. The van der Waals surface area contributed by atoms with Crippen molar-refractivity contribution >= 4 is 23.2 Å². The van der Waals surface area contributed by atoms with Gasteiger partial charge in [0.25, 0.3) is 0 Å². The fourth-order valence-corrected chi connectivity index (χ4v) is 3.90. The third-order valence-corrected chi connectivity index (χ3v) is 5.58. The Bertz CT molecular complexity index is 962. The zero-order chi connectivity index (χ0) is 18.5. The largest absolute Gasteiger partial charge is 0.508 e. The molecule has 130 valence electrons. The standard InChI is InChI=1S/C22H18ClNO2/c1-13-3-5-15(6-4-13)22(16-7-9-17(25)10-8-16)18-11-12-19(23)14(2)20(18)24-21(22)26/h3-12,25H,1-2H3,(H,24,26)/t22-/m0/s1. The molecule has 26 heavy (non-hydrogen) atoms. The number of nitrogens with one attached hydrogen (secondary N) is 1. The Kier molecular flexibility index (Phi) is 3.78. The van der Waals surface area contributed by atoms with Crippen molar-refractivity contribution in [2.75, 3.05) is 5.32 Å². The number of benzene rings is 3. The zero-order valence-electron chi connectivity index (χ0n) is 14.5. The minimum atomic E-state index is -0.980. The normalized spacial score (nSPS) is 18.5. The zero-order valence-corrected chi connectivity index (χ0v) is 15.3. The van der Waals surface area contributed by atoms with Crippen LogP contribution in [0.4, 0.5) is 5.69 Å². The summed E-state index contributed by atoms with van der Waals surface area (Å²) in [6, 6.07) is 18.5. The van der Waals surface area contributed by atoms with E-state index in [0.29, 0.717) is 5.02 Å². The van der Waals surface area contributed by atoms with Crippen molar-refractivity contribution in [3.8, 4) is 5.75 Å². The molecule has 1 aliphatic rings. The van der Waals surface area contributed by atoms with E-state index in [1.54, 1.807) is 24.3 Å². The number of aromatic hydroxyl groups is 1. The van der Waals surface area contributed by atoms with Crippen molar-refractivity contribution in [2.45, 2.75) is 19.3 Å². The van der Waals surface area contributed by atoms with E-state index in [0.717, 1.165) is 33.5 Å². The number of amides is 1. The van der Waals surface area contributed by atoms with Gasteiger partial charge in [-0.05, 0) is 48.7 Å². The number of fused-ring (bicyclic) bond motifs is 1. The first-order valence-corrected chi connectivity index (χ1v) is 8.80. The van der Waals surface area contributed by atoms with Crippen LogP contribution in [0, 0.1) is 13.8 Å². The molecule has 0 bridgehead atoms. The van der Waals surface area contributed by atoms with Crippen molar-refractivity contribution in [1.82, 2.24) is 0 Å². The van der Waals surface area contributed by atoms with Gasteiger partial charge >= 0.3 is 0 Å². The van der Waals surface area contributed by atoms with Crippen LogP contribution in [-0.2, 0) is 10.2 Å². The summed E-state index contributed by atoms with van der Waals surface area (Å²) < 4.78 is 0. The quantitative estimate of drug-likeness (QED) is 0.676. The average Bonchev–Trinajstić information content (AvgIpc) is 2.93. The minimum absolute atomic E-state index is 0.118. The first-order chi connectivity index (χ1) is 12.4. The maximum absolute atomic E-state index is 13.4. The lowest BCUT2D eigenvalue weighted by molar-refractivity contribution is -0.118. The predicted molar refractivity (Wildman–Crippen MR) is 104 cm³/mol. The molecule has 3 aromatic rings. The molecule has 1 heterocycles. The maximum atomic E-state index is 13.4. The molecule has 1 atom stereocenters. The number of phenols is 1. The summed E-state index contributed by atoms with van der Waals surface area (Å²) in [6.07, 6.45) is 0. The van der Waals surface area contributed by atoms with Crippen molar-refractivity contribution in [3.63, 3.8) is 0 Å². The van der Waals surface area contributed by atoms with Gasteiger partial charge in [0.15, 0.2) is 0 Å². The summed E-state index contributed by atoms with van der Waals surface area (Å²) in [6.45, 7) is 3.92. The Hall–Kier alpha value is -2.78. The summed E-state index contributed by atoms with van der Waals surface area (Å²) in [5, 5.41) is 13.4. The minimum Gasteiger partial charge on any atom is -0.508 e. The van der Waals surface area contributed by atoms with E-state index < -0.39 is 5.41 Å². The number of halogens is 1. The molecule has 4 rings (SSSR count). The topological polar surface area (TPSA) is 49.3 Å². The van der Waals surface area contributed by atoms with Gasteiger partial charge in [0.2, 0.25) is 5.91 Å². The Balaban J connectivity index is 2.08. The van der Waals surface area contributed by atoms with Crippen LogP contribution in [0.3, 0.4) is 0 Å². The van der Waals surface area contributed by atoms with Crippen LogP contribution in [0.1, 0.15) is 27.8 Å². The molecular weight excluding hydrogens is 346 g/mol. The highest BCUT2D eigenvalue weighted by Gasteiger charge is 2.50. The molecule has 0 radical (unpaired) electrons. The van der Waals surface area contributed by atoms with Gasteiger partial charge in [-0.15, -0.1) is 0 Å². The lowest BCUT2D eigenvalue weighted by Gasteiger charge is -2.29. The van der Waals surface area contributed by atoms with Crippen molar-refractivity contribution in [3.05, 3.63) is 93.5 Å². The van der Waals surface area contributed by atoms with Crippen molar-refractivity contribution in [2.24, 2.45) is 0 Å². The van der Waals surface area contributed by atoms with Gasteiger partial charge in [0.1, 0.15) is 11.2 Å². The second kappa shape index (κ2) is 5.89. The SMILES string of the molecule is Cc1ccc([C@@]2(c3ccc(O)cc3)C(=O)Nc3c2ccc(Cl)c3C)cc1. The third-order valence-electron chi connectivity index (χ3n) is 5.17. The molecule has 0 saturated heterocycles. The highest BCUT2D eigenvalue weighted by molar-refractivity contribution is 6.32. The number of rotatable bonds is 2. The number of anilines is 1. The van der Waals surface area contributed by atoms with Crippen molar-refractivity contribution in [1.29, 1.82) is 0 Å². The van der Waals surface area contributed by atoms with Gasteiger partial charge in [-0.2, -0.15) is 0 Å². The van der Waals surface area contributed by atoms with E-state index >= 15 is 0 Å². The van der Waals surface area contributed by atoms with E-state index in [2.05, 4.69) is 5.32 Å². The highest BCUT2D eigenvalue weighted by Crippen LogP contribution is 2.49. The van der Waals surface area contributed by atoms with Gasteiger partial charge < -0.3 is 10.4 Å². The van der Waals surface area contributed by atoms with Gasteiger partial charge in [0.05, 0.1) is 5.69 Å². The van der Waals surface area contributed by atoms with Crippen LogP contribution in [0.5, 0.6) is 5.75 Å². The first-order valence-electron chi connectivity index (χ1n) is 8.42. The number of hydrogen-bond donors (Lipinski definition) is 2. The third kappa shape index (κ3) is 2.24. The molecule has 4 heteroatoms. The summed E-state index contributed by atoms with van der Waals surface area (Å²) in [4.78, 5) is 13.4. The second-order valence-electron chi connectivity index (χ2n) is 6.71. The smallest absolute Gasteiger partial charge is 0.244 e. The molecule has 0 aromatic heterocycles. The fourth-order valence-electron chi connectivity index (χ4n) is 3.74. The molecule has 3 nitrogen and oxygen atoms in total. The van der Waals surface area contributed by atoms with E-state index in [-0.39, 0.29) is 11.7 Å². The van der Waals surface area contributed by atoms with E-state index in [9.17, 15) is 9.90 Å². The van der Waals surface area contributed by atoms with Crippen LogP contribution in [-0.4, -0.2) is 11.0 Å². The van der Waals surface area contributed by atoms with Gasteiger partial charge in [-0.3, -0.25) is 4.79 Å². The Labute approximate surface area is 157 Å². The number of aryl methyl sites for hydroxylation is 1. The Morgan fingerprint density at radius 3 is 2.08 bits per heavy atom. The first kappa shape index (κ1) is 16.7. The van der Waals surface area contributed by atoms with Crippen LogP contribution < -0.4 is 5.32 Å². The van der Waals surface area contributed by atoms with Crippen LogP contribution in [0.25, 0.3) is 0 Å². The molecule has 1 amide bonds. The van der Waals surface area contributed by atoms with Crippen LogP contribution in [0.2, 0.25) is 5.02 Å². The van der Waals surface area contributed by atoms with E-state index in [1.807, 2.05) is 50.2 Å². The Morgan fingerprint density at radius 2 is 1.46 bits per heavy atom. The molecule has 0 unspecified atom stereocenters. The van der Waals surface area contributed by atoms with Gasteiger partial charge in [0, 0.05) is 10.6 Å². The predicted octanol–water partition coefficient (Wildman–Crippen LogP) is 4.95. The summed E-state index contributed by atoms with van der Waals surface area (Å²) >= 11 is 6.28. The number of carbonyl (C=O) groups is 1. The number of carbonyl (C=O) groups excluding carboxylic acids is 1. The van der Waals surface area contributed by atoms with Gasteiger partial charge in [-0.25, -0.2) is 0 Å². The number of hydrogen-bond acceptors (Lipinski definition) is 2. The highest BCUT2D eigenvalue weighted by atomic mass is 35.5. The fraction of sp³-hybridized carbons (Fsp3) is 0.136. The van der Waals surface area contributed by atoms with Crippen LogP contribution in [0.15, 0.2) is 60.7 Å². The van der Waals surface area contributed by atoms with Gasteiger partial charge in [-0.1, -0.05) is 59.6 Å². The molecule has 0 fully saturated rings. The van der Waals surface area contributed by atoms with Crippen molar-refractivity contribution < 1.29 is 9.90 Å². The molecule has 0 spiro atoms.